The minimum Gasteiger partial charge on any atom is -0.772 e. The molecule has 1 fully saturated rings. The maximum atomic E-state index is 11.1. The number of hydrogen-bond donors (Lipinski definition) is 1. The molecule has 0 spiro atoms. The maximum Gasteiger partial charge on any atom is 0.234 e. The Morgan fingerprint density at radius 2 is 2.08 bits per heavy atom. The van der Waals surface area contributed by atoms with Crippen molar-refractivity contribution >= 4 is 17.0 Å². The summed E-state index contributed by atoms with van der Waals surface area (Å²) in [4.78, 5) is 12.7. The van der Waals surface area contributed by atoms with E-state index in [1.54, 1.807) is 4.90 Å². The number of nitrogens with one attached hydrogen (secondary N) is 1. The molecule has 1 amide bonds. The number of amides is 1. The van der Waals surface area contributed by atoms with E-state index in [0.717, 1.165) is 13.1 Å². The summed E-state index contributed by atoms with van der Waals surface area (Å²) in [5.41, 5.74) is 0. The van der Waals surface area contributed by atoms with E-state index in [9.17, 15) is 13.6 Å². The summed E-state index contributed by atoms with van der Waals surface area (Å²) in [6, 6.07) is 0. The average Bonchev–Trinajstić information content (AvgIpc) is 2.05. The van der Waals surface area contributed by atoms with Gasteiger partial charge < -0.3 is 14.8 Å². The highest BCUT2D eigenvalue weighted by atomic mass is 32.2. The molecule has 0 aliphatic carbocycles. The van der Waals surface area contributed by atoms with Crippen molar-refractivity contribution in [1.82, 2.24) is 10.2 Å². The van der Waals surface area contributed by atoms with E-state index in [0.29, 0.717) is 13.1 Å². The molecule has 1 aliphatic heterocycles. The molecule has 1 unspecified atom stereocenters. The Kier molecular flexibility index (Phi) is 3.64. The van der Waals surface area contributed by atoms with Crippen LogP contribution in [0.5, 0.6) is 0 Å². The van der Waals surface area contributed by atoms with Crippen LogP contribution < -0.4 is 5.32 Å². The number of carbonyl (C=O) groups is 1. The average molecular weight is 191 g/mol. The van der Waals surface area contributed by atoms with Gasteiger partial charge in [-0.25, -0.2) is 0 Å². The van der Waals surface area contributed by atoms with Gasteiger partial charge >= 0.3 is 0 Å². The minimum absolute atomic E-state index is 0.301. The van der Waals surface area contributed by atoms with Gasteiger partial charge in [0.1, 0.15) is 0 Å². The summed E-state index contributed by atoms with van der Waals surface area (Å²) >= 11 is -2.26. The predicted octanol–water partition coefficient (Wildman–Crippen LogP) is -1.70. The lowest BCUT2D eigenvalue weighted by Crippen LogP contribution is -2.47. The maximum absolute atomic E-state index is 11.1. The van der Waals surface area contributed by atoms with E-state index < -0.39 is 11.1 Å². The second kappa shape index (κ2) is 4.54. The smallest absolute Gasteiger partial charge is 0.234 e. The fourth-order valence-electron chi connectivity index (χ4n) is 1.11. The minimum atomic E-state index is -2.26. The predicted molar refractivity (Wildman–Crippen MR) is 43.2 cm³/mol. The molecule has 1 heterocycles. The SMILES string of the molecule is O=C(CS(=O)[O-])N1CCNCC1. The van der Waals surface area contributed by atoms with Gasteiger partial charge in [-0.05, 0) is 11.1 Å². The quantitative estimate of drug-likeness (QED) is 0.528. The third-order valence-corrected chi connectivity index (χ3v) is 2.19. The molecule has 1 saturated heterocycles. The van der Waals surface area contributed by atoms with Crippen LogP contribution in [0.1, 0.15) is 0 Å². The molecular weight excluding hydrogens is 180 g/mol. The summed E-state index contributed by atoms with van der Waals surface area (Å²) in [6.45, 7) is 2.71. The van der Waals surface area contributed by atoms with E-state index in [4.69, 9.17) is 0 Å². The van der Waals surface area contributed by atoms with Gasteiger partial charge in [-0.3, -0.25) is 9.00 Å². The first kappa shape index (κ1) is 9.63. The Bertz CT molecular complexity index is 191. The molecule has 0 saturated carbocycles. The molecule has 70 valence electrons. The molecule has 5 nitrogen and oxygen atoms in total. The highest BCUT2D eigenvalue weighted by Crippen LogP contribution is 1.93. The highest BCUT2D eigenvalue weighted by Gasteiger charge is 2.15. The van der Waals surface area contributed by atoms with Gasteiger partial charge in [-0.1, -0.05) is 0 Å². The molecule has 12 heavy (non-hydrogen) atoms. The lowest BCUT2D eigenvalue weighted by molar-refractivity contribution is -0.128. The summed E-state index contributed by atoms with van der Waals surface area (Å²) in [5.74, 6) is -0.690. The summed E-state index contributed by atoms with van der Waals surface area (Å²) in [5, 5.41) is 3.08. The van der Waals surface area contributed by atoms with Crippen molar-refractivity contribution in [3.8, 4) is 0 Å². The van der Waals surface area contributed by atoms with Crippen molar-refractivity contribution in [3.05, 3.63) is 0 Å². The van der Waals surface area contributed by atoms with E-state index in [1.807, 2.05) is 0 Å². The number of rotatable bonds is 2. The lowest BCUT2D eigenvalue weighted by atomic mass is 10.3. The van der Waals surface area contributed by atoms with Gasteiger partial charge in [-0.15, -0.1) is 0 Å². The molecule has 0 aromatic rings. The molecule has 0 bridgehead atoms. The molecular formula is C6H11N2O3S-. The van der Waals surface area contributed by atoms with Crippen molar-refractivity contribution < 1.29 is 13.6 Å². The fraction of sp³-hybridized carbons (Fsp3) is 0.833. The molecule has 6 heteroatoms. The van der Waals surface area contributed by atoms with Crippen molar-refractivity contribution in [2.75, 3.05) is 31.9 Å². The summed E-state index contributed by atoms with van der Waals surface area (Å²) < 4.78 is 20.4. The Morgan fingerprint density at radius 1 is 1.50 bits per heavy atom. The monoisotopic (exact) mass is 191 g/mol. The topological polar surface area (TPSA) is 72.5 Å². The number of carbonyl (C=O) groups excluding carboxylic acids is 1. The largest absolute Gasteiger partial charge is 0.772 e. The normalized spacial score (nSPS) is 20.6. The van der Waals surface area contributed by atoms with Gasteiger partial charge in [0.15, 0.2) is 0 Å². The van der Waals surface area contributed by atoms with Crippen LogP contribution in [0.25, 0.3) is 0 Å². The van der Waals surface area contributed by atoms with Crippen LogP contribution in [-0.2, 0) is 15.9 Å². The molecule has 1 rings (SSSR count). The Morgan fingerprint density at radius 3 is 2.58 bits per heavy atom. The van der Waals surface area contributed by atoms with Crippen molar-refractivity contribution in [2.24, 2.45) is 0 Å². The third-order valence-electron chi connectivity index (χ3n) is 1.71. The zero-order valence-electron chi connectivity index (χ0n) is 6.62. The molecule has 1 N–H and O–H groups in total. The second-order valence-electron chi connectivity index (χ2n) is 2.58. The number of nitrogens with zero attached hydrogens (tertiary/aromatic N) is 1. The van der Waals surface area contributed by atoms with E-state index in [-0.39, 0.29) is 11.7 Å². The van der Waals surface area contributed by atoms with Crippen LogP contribution in [0.2, 0.25) is 0 Å². The van der Waals surface area contributed by atoms with E-state index in [2.05, 4.69) is 5.32 Å². The van der Waals surface area contributed by atoms with Crippen LogP contribution in [-0.4, -0.2) is 51.5 Å². The molecule has 1 atom stereocenters. The van der Waals surface area contributed by atoms with Gasteiger partial charge in [0.25, 0.3) is 0 Å². The van der Waals surface area contributed by atoms with Crippen LogP contribution in [0.3, 0.4) is 0 Å². The second-order valence-corrected chi connectivity index (χ2v) is 3.48. The Labute approximate surface area is 73.4 Å². The van der Waals surface area contributed by atoms with Crippen LogP contribution >= 0.6 is 0 Å². The molecule has 0 aromatic heterocycles. The first-order valence-electron chi connectivity index (χ1n) is 3.74. The number of hydrogen-bond acceptors (Lipinski definition) is 4. The van der Waals surface area contributed by atoms with Gasteiger partial charge in [0.2, 0.25) is 5.91 Å². The van der Waals surface area contributed by atoms with Gasteiger partial charge in [0, 0.05) is 26.2 Å². The van der Waals surface area contributed by atoms with Crippen molar-refractivity contribution in [2.45, 2.75) is 0 Å². The van der Waals surface area contributed by atoms with Crippen LogP contribution in [0, 0.1) is 0 Å². The summed E-state index contributed by atoms with van der Waals surface area (Å²) in [7, 11) is 0. The lowest BCUT2D eigenvalue weighted by Gasteiger charge is -2.27. The Hall–Kier alpha value is -0.460. The number of piperazine rings is 1. The fourth-order valence-corrected chi connectivity index (χ4v) is 1.49. The van der Waals surface area contributed by atoms with E-state index >= 15 is 0 Å². The molecule has 0 aromatic carbocycles. The molecule has 0 radical (unpaired) electrons. The van der Waals surface area contributed by atoms with Crippen molar-refractivity contribution in [3.63, 3.8) is 0 Å². The zero-order valence-corrected chi connectivity index (χ0v) is 7.43. The van der Waals surface area contributed by atoms with Crippen LogP contribution in [0.4, 0.5) is 0 Å². The standard InChI is InChI=1S/C6H12N2O3S/c9-6(5-12(10)11)8-3-1-7-2-4-8/h7H,1-5H2,(H,10,11)/p-1. The zero-order chi connectivity index (χ0) is 8.97. The van der Waals surface area contributed by atoms with Gasteiger partial charge in [0.05, 0.1) is 5.75 Å². The summed E-state index contributed by atoms with van der Waals surface area (Å²) in [6.07, 6.45) is 0. The van der Waals surface area contributed by atoms with Crippen molar-refractivity contribution in [1.29, 1.82) is 0 Å². The third kappa shape index (κ3) is 2.88. The molecule has 1 aliphatic rings. The van der Waals surface area contributed by atoms with E-state index in [1.165, 1.54) is 0 Å². The highest BCUT2D eigenvalue weighted by molar-refractivity contribution is 7.79. The first-order valence-corrected chi connectivity index (χ1v) is 4.99. The van der Waals surface area contributed by atoms with Gasteiger partial charge in [-0.2, -0.15) is 0 Å². The Balaban J connectivity index is 2.34. The van der Waals surface area contributed by atoms with Crippen LogP contribution in [0.15, 0.2) is 0 Å². The first-order chi connectivity index (χ1) is 5.70.